The number of hydrogen-bond acceptors (Lipinski definition) is 3. The van der Waals surface area contributed by atoms with E-state index in [0.29, 0.717) is 6.61 Å². The summed E-state index contributed by atoms with van der Waals surface area (Å²) in [4.78, 5) is 8.66. The van der Waals surface area contributed by atoms with E-state index in [4.69, 9.17) is 4.74 Å². The molecule has 0 N–H and O–H groups in total. The van der Waals surface area contributed by atoms with Crippen LogP contribution in [0.25, 0.3) is 5.65 Å². The van der Waals surface area contributed by atoms with Crippen LogP contribution in [0.4, 0.5) is 0 Å². The zero-order valence-electron chi connectivity index (χ0n) is 11.4. The molecular formula is C16H14BrN3O. The summed E-state index contributed by atoms with van der Waals surface area (Å²) in [5.41, 5.74) is 3.30. The Labute approximate surface area is 130 Å². The first-order chi connectivity index (χ1) is 10.3. The smallest absolute Gasteiger partial charge is 0.137 e. The van der Waals surface area contributed by atoms with Crippen molar-refractivity contribution in [2.24, 2.45) is 0 Å². The van der Waals surface area contributed by atoms with Crippen molar-refractivity contribution in [1.29, 1.82) is 0 Å². The van der Waals surface area contributed by atoms with E-state index in [1.165, 1.54) is 18.4 Å². The molecular weight excluding hydrogens is 330 g/mol. The highest BCUT2D eigenvalue weighted by atomic mass is 79.9. The summed E-state index contributed by atoms with van der Waals surface area (Å²) in [6.07, 6.45) is 8.56. The van der Waals surface area contributed by atoms with Crippen LogP contribution in [0.2, 0.25) is 0 Å². The number of pyridine rings is 2. The van der Waals surface area contributed by atoms with Crippen LogP contribution in [-0.4, -0.2) is 14.4 Å². The molecule has 0 bridgehead atoms. The second-order valence-corrected chi connectivity index (χ2v) is 6.15. The van der Waals surface area contributed by atoms with E-state index in [-0.39, 0.29) is 0 Å². The Kier molecular flexibility index (Phi) is 3.15. The largest absolute Gasteiger partial charge is 0.487 e. The van der Waals surface area contributed by atoms with Gasteiger partial charge in [-0.2, -0.15) is 0 Å². The summed E-state index contributed by atoms with van der Waals surface area (Å²) in [5, 5.41) is 0. The molecule has 1 saturated carbocycles. The minimum atomic E-state index is 0.455. The minimum Gasteiger partial charge on any atom is -0.487 e. The summed E-state index contributed by atoms with van der Waals surface area (Å²) >= 11 is 3.33. The van der Waals surface area contributed by atoms with Crippen molar-refractivity contribution in [3.05, 3.63) is 58.7 Å². The summed E-state index contributed by atoms with van der Waals surface area (Å²) in [6, 6.07) is 7.96. The molecule has 0 unspecified atom stereocenters. The first-order valence-electron chi connectivity index (χ1n) is 7.00. The number of aromatic nitrogens is 3. The maximum absolute atomic E-state index is 5.75. The van der Waals surface area contributed by atoms with E-state index in [1.54, 1.807) is 6.20 Å². The van der Waals surface area contributed by atoms with Gasteiger partial charge in [-0.1, -0.05) is 6.07 Å². The number of imidazole rings is 1. The molecule has 5 heteroatoms. The van der Waals surface area contributed by atoms with Gasteiger partial charge in [-0.15, -0.1) is 0 Å². The third kappa shape index (κ3) is 2.78. The molecule has 0 aromatic carbocycles. The van der Waals surface area contributed by atoms with Crippen LogP contribution < -0.4 is 4.74 Å². The Hall–Kier alpha value is -1.88. The number of ether oxygens (including phenoxy) is 1. The lowest BCUT2D eigenvalue weighted by Crippen LogP contribution is -1.95. The van der Waals surface area contributed by atoms with Gasteiger partial charge in [0, 0.05) is 24.7 Å². The fraction of sp³-hybridized carbons (Fsp3) is 0.250. The van der Waals surface area contributed by atoms with Crippen molar-refractivity contribution < 1.29 is 4.74 Å². The molecule has 0 radical (unpaired) electrons. The highest BCUT2D eigenvalue weighted by Gasteiger charge is 2.23. The normalized spacial score (nSPS) is 14.5. The van der Waals surface area contributed by atoms with Crippen LogP contribution in [-0.2, 0) is 6.61 Å². The Balaban J connectivity index is 1.53. The standard InChI is InChI=1S/C16H14BrN3O/c17-15-7-14(5-6-18-15)21-10-13-9-20-8-12(11-1-2-11)3-4-16(20)19-13/h3-9,11H,1-2,10H2. The van der Waals surface area contributed by atoms with E-state index in [2.05, 4.69) is 48.6 Å². The minimum absolute atomic E-state index is 0.455. The van der Waals surface area contributed by atoms with Gasteiger partial charge >= 0.3 is 0 Å². The zero-order valence-corrected chi connectivity index (χ0v) is 13.0. The molecule has 0 aliphatic heterocycles. The SMILES string of the molecule is Brc1cc(OCc2cn3cc(C4CC4)ccc3n2)ccn1. The molecule has 3 aromatic rings. The zero-order chi connectivity index (χ0) is 14.2. The van der Waals surface area contributed by atoms with E-state index in [9.17, 15) is 0 Å². The molecule has 106 valence electrons. The number of hydrogen-bond donors (Lipinski definition) is 0. The number of fused-ring (bicyclic) bond motifs is 1. The summed E-state index contributed by atoms with van der Waals surface area (Å²) < 4.78 is 8.61. The number of nitrogens with zero attached hydrogens (tertiary/aromatic N) is 3. The molecule has 0 spiro atoms. The van der Waals surface area contributed by atoms with Crippen molar-refractivity contribution in [2.45, 2.75) is 25.4 Å². The van der Waals surface area contributed by atoms with Crippen molar-refractivity contribution in [3.8, 4) is 5.75 Å². The summed E-state index contributed by atoms with van der Waals surface area (Å²) in [7, 11) is 0. The monoisotopic (exact) mass is 343 g/mol. The van der Waals surface area contributed by atoms with Crippen LogP contribution in [0.15, 0.2) is 47.5 Å². The Morgan fingerprint density at radius 2 is 2.14 bits per heavy atom. The molecule has 21 heavy (non-hydrogen) atoms. The average Bonchev–Trinajstić information content (AvgIpc) is 3.25. The Bertz CT molecular complexity index is 795. The predicted molar refractivity (Wildman–Crippen MR) is 83.4 cm³/mol. The number of halogens is 1. The first kappa shape index (κ1) is 12.8. The van der Waals surface area contributed by atoms with Gasteiger partial charge in [0.2, 0.25) is 0 Å². The van der Waals surface area contributed by atoms with E-state index >= 15 is 0 Å². The Morgan fingerprint density at radius 3 is 2.95 bits per heavy atom. The fourth-order valence-electron chi connectivity index (χ4n) is 2.42. The van der Waals surface area contributed by atoms with Gasteiger partial charge in [-0.05, 0) is 52.4 Å². The topological polar surface area (TPSA) is 39.4 Å². The van der Waals surface area contributed by atoms with E-state index in [1.807, 2.05) is 18.3 Å². The molecule has 4 nitrogen and oxygen atoms in total. The molecule has 3 aromatic heterocycles. The highest BCUT2D eigenvalue weighted by molar-refractivity contribution is 9.10. The quantitative estimate of drug-likeness (QED) is 0.673. The molecule has 0 amide bonds. The lowest BCUT2D eigenvalue weighted by Gasteiger charge is -2.03. The van der Waals surface area contributed by atoms with Crippen molar-refractivity contribution in [1.82, 2.24) is 14.4 Å². The molecule has 1 aliphatic rings. The predicted octanol–water partition coefficient (Wildman–Crippen LogP) is 3.95. The third-order valence-electron chi connectivity index (χ3n) is 3.66. The average molecular weight is 344 g/mol. The van der Waals surface area contributed by atoms with Crippen molar-refractivity contribution >= 4 is 21.6 Å². The van der Waals surface area contributed by atoms with Crippen LogP contribution in [0, 0.1) is 0 Å². The van der Waals surface area contributed by atoms with Crippen molar-refractivity contribution in [3.63, 3.8) is 0 Å². The fourth-order valence-corrected chi connectivity index (χ4v) is 2.76. The van der Waals surface area contributed by atoms with Crippen molar-refractivity contribution in [2.75, 3.05) is 0 Å². The molecule has 1 fully saturated rings. The van der Waals surface area contributed by atoms with Gasteiger partial charge in [0.15, 0.2) is 0 Å². The van der Waals surface area contributed by atoms with E-state index in [0.717, 1.165) is 27.6 Å². The van der Waals surface area contributed by atoms with Gasteiger partial charge in [0.05, 0.1) is 5.69 Å². The molecule has 3 heterocycles. The van der Waals surface area contributed by atoms with Gasteiger partial charge in [-0.3, -0.25) is 0 Å². The molecule has 1 aliphatic carbocycles. The molecule has 4 rings (SSSR count). The second kappa shape index (κ2) is 5.15. The number of rotatable bonds is 4. The van der Waals surface area contributed by atoms with Crippen LogP contribution in [0.3, 0.4) is 0 Å². The Morgan fingerprint density at radius 1 is 1.24 bits per heavy atom. The van der Waals surface area contributed by atoms with Gasteiger partial charge in [0.25, 0.3) is 0 Å². The first-order valence-corrected chi connectivity index (χ1v) is 7.79. The van der Waals surface area contributed by atoms with Crippen LogP contribution in [0.5, 0.6) is 5.75 Å². The van der Waals surface area contributed by atoms with Gasteiger partial charge in [-0.25, -0.2) is 9.97 Å². The second-order valence-electron chi connectivity index (χ2n) is 5.34. The van der Waals surface area contributed by atoms with Gasteiger partial charge < -0.3 is 9.14 Å². The lowest BCUT2D eigenvalue weighted by atomic mass is 10.2. The van der Waals surface area contributed by atoms with E-state index < -0.39 is 0 Å². The lowest BCUT2D eigenvalue weighted by molar-refractivity contribution is 0.301. The molecule has 0 atom stereocenters. The van der Waals surface area contributed by atoms with Gasteiger partial charge in [0.1, 0.15) is 22.6 Å². The molecule has 0 saturated heterocycles. The summed E-state index contributed by atoms with van der Waals surface area (Å²) in [5.74, 6) is 1.54. The third-order valence-corrected chi connectivity index (χ3v) is 4.09. The van der Waals surface area contributed by atoms with Crippen LogP contribution in [0.1, 0.15) is 30.0 Å². The summed E-state index contributed by atoms with van der Waals surface area (Å²) in [6.45, 7) is 0.455. The maximum atomic E-state index is 5.75. The highest BCUT2D eigenvalue weighted by Crippen LogP contribution is 2.39. The van der Waals surface area contributed by atoms with Crippen LogP contribution >= 0.6 is 15.9 Å². The maximum Gasteiger partial charge on any atom is 0.137 e.